The SMILES string of the molecule is COC[C@H]1C(=O)NCC12CCN(Cc1ccc(Cl)cc1)CC2. The maximum absolute atomic E-state index is 12.0. The van der Waals surface area contributed by atoms with E-state index in [0.29, 0.717) is 6.61 Å². The van der Waals surface area contributed by atoms with Crippen LogP contribution in [0.2, 0.25) is 5.02 Å². The van der Waals surface area contributed by atoms with E-state index in [0.717, 1.165) is 44.0 Å². The Kier molecular flexibility index (Phi) is 4.71. The molecule has 5 heteroatoms. The number of likely N-dealkylation sites (tertiary alicyclic amines) is 1. The van der Waals surface area contributed by atoms with Gasteiger partial charge in [-0.25, -0.2) is 0 Å². The molecule has 1 aromatic carbocycles. The number of carbonyl (C=O) groups is 1. The number of nitrogens with one attached hydrogen (secondary N) is 1. The molecule has 0 aliphatic carbocycles. The average Bonchev–Trinajstić information content (AvgIpc) is 2.82. The van der Waals surface area contributed by atoms with Gasteiger partial charge in [0.15, 0.2) is 0 Å². The zero-order valence-corrected chi connectivity index (χ0v) is 13.7. The van der Waals surface area contributed by atoms with Crippen LogP contribution < -0.4 is 5.32 Å². The van der Waals surface area contributed by atoms with Crippen molar-refractivity contribution < 1.29 is 9.53 Å². The van der Waals surface area contributed by atoms with Crippen LogP contribution in [0.5, 0.6) is 0 Å². The van der Waals surface area contributed by atoms with Crippen LogP contribution in [0.1, 0.15) is 18.4 Å². The molecule has 0 saturated carbocycles. The van der Waals surface area contributed by atoms with Gasteiger partial charge in [-0.15, -0.1) is 0 Å². The third kappa shape index (κ3) is 3.14. The predicted octanol–water partition coefficient (Wildman–Crippen LogP) is 2.31. The summed E-state index contributed by atoms with van der Waals surface area (Å²) in [6.07, 6.45) is 2.10. The maximum Gasteiger partial charge on any atom is 0.226 e. The Morgan fingerprint density at radius 3 is 2.64 bits per heavy atom. The summed E-state index contributed by atoms with van der Waals surface area (Å²) in [4.78, 5) is 14.5. The minimum absolute atomic E-state index is 0.00943. The van der Waals surface area contributed by atoms with Gasteiger partial charge in [0.25, 0.3) is 0 Å². The molecule has 0 unspecified atom stereocenters. The summed E-state index contributed by atoms with van der Waals surface area (Å²) in [6, 6.07) is 8.05. The predicted molar refractivity (Wildman–Crippen MR) is 86.8 cm³/mol. The second-order valence-electron chi connectivity index (χ2n) is 6.49. The number of hydrogen-bond acceptors (Lipinski definition) is 3. The number of hydrogen-bond donors (Lipinski definition) is 1. The van der Waals surface area contributed by atoms with Crippen molar-refractivity contribution in [2.75, 3.05) is 33.4 Å². The summed E-state index contributed by atoms with van der Waals surface area (Å²) in [5.74, 6) is 0.170. The molecule has 2 saturated heterocycles. The van der Waals surface area contributed by atoms with E-state index in [2.05, 4.69) is 22.3 Å². The molecule has 1 amide bonds. The largest absolute Gasteiger partial charge is 0.384 e. The zero-order valence-electron chi connectivity index (χ0n) is 13.0. The number of methoxy groups -OCH3 is 1. The second-order valence-corrected chi connectivity index (χ2v) is 6.93. The van der Waals surface area contributed by atoms with Crippen molar-refractivity contribution >= 4 is 17.5 Å². The first-order valence-electron chi connectivity index (χ1n) is 7.86. The third-order valence-corrected chi connectivity index (χ3v) is 5.43. The number of nitrogens with zero attached hydrogens (tertiary/aromatic N) is 1. The number of ether oxygens (including phenoxy) is 1. The van der Waals surface area contributed by atoms with E-state index >= 15 is 0 Å². The number of carbonyl (C=O) groups excluding carboxylic acids is 1. The molecule has 0 bridgehead atoms. The molecule has 4 nitrogen and oxygen atoms in total. The summed E-state index contributed by atoms with van der Waals surface area (Å²) in [6.45, 7) is 4.33. The van der Waals surface area contributed by atoms with Gasteiger partial charge in [-0.2, -0.15) is 0 Å². The fourth-order valence-corrected chi connectivity index (χ4v) is 3.86. The van der Waals surface area contributed by atoms with E-state index < -0.39 is 0 Å². The summed E-state index contributed by atoms with van der Waals surface area (Å²) in [5.41, 5.74) is 1.37. The minimum Gasteiger partial charge on any atom is -0.384 e. The van der Waals surface area contributed by atoms with Gasteiger partial charge in [0.1, 0.15) is 0 Å². The van der Waals surface area contributed by atoms with Gasteiger partial charge in [0, 0.05) is 30.6 Å². The van der Waals surface area contributed by atoms with Crippen LogP contribution in [0.3, 0.4) is 0 Å². The van der Waals surface area contributed by atoms with Crippen LogP contribution in [0.25, 0.3) is 0 Å². The van der Waals surface area contributed by atoms with Crippen LogP contribution in [-0.2, 0) is 16.1 Å². The van der Waals surface area contributed by atoms with Gasteiger partial charge in [-0.3, -0.25) is 9.69 Å². The van der Waals surface area contributed by atoms with E-state index in [4.69, 9.17) is 16.3 Å². The van der Waals surface area contributed by atoms with Gasteiger partial charge in [0.2, 0.25) is 5.91 Å². The van der Waals surface area contributed by atoms with E-state index in [-0.39, 0.29) is 17.2 Å². The van der Waals surface area contributed by atoms with Gasteiger partial charge in [-0.05, 0) is 43.6 Å². The number of amides is 1. The fourth-order valence-electron chi connectivity index (χ4n) is 3.74. The minimum atomic E-state index is 0.00943. The Morgan fingerprint density at radius 2 is 2.00 bits per heavy atom. The molecule has 1 spiro atoms. The highest BCUT2D eigenvalue weighted by molar-refractivity contribution is 6.30. The quantitative estimate of drug-likeness (QED) is 0.925. The molecule has 0 radical (unpaired) electrons. The maximum atomic E-state index is 12.0. The van der Waals surface area contributed by atoms with Crippen molar-refractivity contribution in [2.24, 2.45) is 11.3 Å². The first-order valence-corrected chi connectivity index (χ1v) is 8.24. The summed E-state index contributed by atoms with van der Waals surface area (Å²) in [7, 11) is 1.68. The first kappa shape index (κ1) is 15.8. The number of piperidine rings is 1. The van der Waals surface area contributed by atoms with E-state index in [1.54, 1.807) is 7.11 Å². The molecule has 22 heavy (non-hydrogen) atoms. The average molecular weight is 323 g/mol. The van der Waals surface area contributed by atoms with E-state index in [1.165, 1.54) is 5.56 Å². The molecule has 2 heterocycles. The fraction of sp³-hybridized carbons (Fsp3) is 0.588. The summed E-state index contributed by atoms with van der Waals surface area (Å²) in [5, 5.41) is 3.81. The molecule has 3 rings (SSSR count). The van der Waals surface area contributed by atoms with Gasteiger partial charge in [0.05, 0.1) is 12.5 Å². The van der Waals surface area contributed by atoms with Crippen LogP contribution in [0, 0.1) is 11.3 Å². The molecule has 1 atom stereocenters. The van der Waals surface area contributed by atoms with Crippen molar-refractivity contribution in [3.63, 3.8) is 0 Å². The lowest BCUT2D eigenvalue weighted by Gasteiger charge is -2.41. The molecule has 1 N–H and O–H groups in total. The van der Waals surface area contributed by atoms with Crippen molar-refractivity contribution in [1.82, 2.24) is 10.2 Å². The van der Waals surface area contributed by atoms with Crippen molar-refractivity contribution in [2.45, 2.75) is 19.4 Å². The van der Waals surface area contributed by atoms with Gasteiger partial charge >= 0.3 is 0 Å². The molecule has 1 aromatic rings. The summed E-state index contributed by atoms with van der Waals surface area (Å²) < 4.78 is 5.27. The highest BCUT2D eigenvalue weighted by Gasteiger charge is 2.49. The summed E-state index contributed by atoms with van der Waals surface area (Å²) >= 11 is 5.93. The molecule has 120 valence electrons. The zero-order chi connectivity index (χ0) is 15.6. The van der Waals surface area contributed by atoms with Crippen LogP contribution in [0.15, 0.2) is 24.3 Å². The Labute approximate surface area is 136 Å². The topological polar surface area (TPSA) is 41.6 Å². The lowest BCUT2D eigenvalue weighted by molar-refractivity contribution is -0.126. The third-order valence-electron chi connectivity index (χ3n) is 5.17. The molecular weight excluding hydrogens is 300 g/mol. The van der Waals surface area contributed by atoms with Crippen LogP contribution in [-0.4, -0.2) is 44.2 Å². The monoisotopic (exact) mass is 322 g/mol. The number of rotatable bonds is 4. The van der Waals surface area contributed by atoms with Crippen LogP contribution in [0.4, 0.5) is 0 Å². The van der Waals surface area contributed by atoms with Crippen molar-refractivity contribution in [3.05, 3.63) is 34.9 Å². The van der Waals surface area contributed by atoms with Gasteiger partial charge < -0.3 is 10.1 Å². The first-order chi connectivity index (χ1) is 10.6. The Bertz CT molecular complexity index is 524. The molecule has 0 aromatic heterocycles. The highest BCUT2D eigenvalue weighted by atomic mass is 35.5. The highest BCUT2D eigenvalue weighted by Crippen LogP contribution is 2.42. The standard InChI is InChI=1S/C17H23ClN2O2/c1-22-11-15-16(21)19-12-17(15)6-8-20(9-7-17)10-13-2-4-14(18)5-3-13/h2-5,15H,6-12H2,1H3,(H,19,21)/t15-/m0/s1. The number of halogens is 1. The van der Waals surface area contributed by atoms with Crippen molar-refractivity contribution in [3.8, 4) is 0 Å². The molecule has 2 aliphatic rings. The van der Waals surface area contributed by atoms with Crippen molar-refractivity contribution in [1.29, 1.82) is 0 Å². The second kappa shape index (κ2) is 6.57. The van der Waals surface area contributed by atoms with Crippen LogP contribution >= 0.6 is 11.6 Å². The lowest BCUT2D eigenvalue weighted by atomic mass is 9.71. The number of benzene rings is 1. The smallest absolute Gasteiger partial charge is 0.226 e. The van der Waals surface area contributed by atoms with Gasteiger partial charge in [-0.1, -0.05) is 23.7 Å². The Balaban J connectivity index is 1.60. The molecule has 2 aliphatic heterocycles. The Morgan fingerprint density at radius 1 is 1.32 bits per heavy atom. The van der Waals surface area contributed by atoms with E-state index in [9.17, 15) is 4.79 Å². The molecule has 2 fully saturated rings. The normalized spacial score (nSPS) is 24.6. The molecular formula is C17H23ClN2O2. The van der Waals surface area contributed by atoms with E-state index in [1.807, 2.05) is 12.1 Å². The lowest BCUT2D eigenvalue weighted by Crippen LogP contribution is -2.45. The Hall–Kier alpha value is -1.10.